The zero-order valence-corrected chi connectivity index (χ0v) is 11.5. The van der Waals surface area contributed by atoms with E-state index in [0.717, 1.165) is 16.2 Å². The molecule has 17 heavy (non-hydrogen) atoms. The summed E-state index contributed by atoms with van der Waals surface area (Å²) in [5.74, 6) is 0. The number of ether oxygens (including phenoxy) is 1. The van der Waals surface area contributed by atoms with Gasteiger partial charge >= 0.3 is 0 Å². The molecule has 0 aliphatic heterocycles. The highest BCUT2D eigenvalue weighted by Crippen LogP contribution is 2.27. The monoisotopic (exact) mass is 318 g/mol. The molecule has 0 fully saturated rings. The first-order valence-corrected chi connectivity index (χ1v) is 6.42. The highest BCUT2D eigenvalue weighted by molar-refractivity contribution is 9.10. The number of aliphatic hydroxyl groups is 1. The van der Waals surface area contributed by atoms with Gasteiger partial charge in [0.1, 0.15) is 11.8 Å². The summed E-state index contributed by atoms with van der Waals surface area (Å²) >= 11 is 4.43. The number of methoxy groups -OCH3 is 1. The van der Waals surface area contributed by atoms with Crippen LogP contribution in [0.15, 0.2) is 16.9 Å². The van der Waals surface area contributed by atoms with Gasteiger partial charge < -0.3 is 9.84 Å². The van der Waals surface area contributed by atoms with Crippen LogP contribution in [-0.4, -0.2) is 37.4 Å². The van der Waals surface area contributed by atoms with Crippen LogP contribution < -0.4 is 0 Å². The van der Waals surface area contributed by atoms with Gasteiger partial charge in [0.2, 0.25) is 0 Å². The number of hydrogen-bond acceptors (Lipinski definition) is 6. The smallest absolute Gasteiger partial charge is 0.141 e. The van der Waals surface area contributed by atoms with E-state index < -0.39 is 6.10 Å². The fraction of sp³-hybridized carbons (Fsp3) is 0.444. The van der Waals surface area contributed by atoms with E-state index >= 15 is 0 Å². The van der Waals surface area contributed by atoms with Crippen molar-refractivity contribution in [1.82, 2.24) is 18.5 Å². The summed E-state index contributed by atoms with van der Waals surface area (Å²) in [7, 11) is 1.62. The van der Waals surface area contributed by atoms with E-state index in [1.807, 2.05) is 0 Å². The quantitative estimate of drug-likeness (QED) is 0.897. The summed E-state index contributed by atoms with van der Waals surface area (Å²) in [6.07, 6.45) is 2.37. The van der Waals surface area contributed by atoms with Crippen LogP contribution in [0.5, 0.6) is 0 Å². The molecule has 6 nitrogen and oxygen atoms in total. The second-order valence-electron chi connectivity index (χ2n) is 3.33. The SMILES string of the molecule is COCCn1ncc(Br)c1C(O)c1cnsn1. The molecule has 0 bridgehead atoms. The van der Waals surface area contributed by atoms with E-state index in [4.69, 9.17) is 4.74 Å². The minimum Gasteiger partial charge on any atom is -0.383 e. The van der Waals surface area contributed by atoms with Gasteiger partial charge in [0.05, 0.1) is 47.4 Å². The van der Waals surface area contributed by atoms with Crippen molar-refractivity contribution in [3.63, 3.8) is 0 Å². The Bertz CT molecular complexity index is 473. The van der Waals surface area contributed by atoms with Gasteiger partial charge in [-0.2, -0.15) is 13.8 Å². The highest BCUT2D eigenvalue weighted by Gasteiger charge is 2.21. The second-order valence-corrected chi connectivity index (χ2v) is 4.74. The normalized spacial score (nSPS) is 12.9. The molecule has 2 heterocycles. The third kappa shape index (κ3) is 2.71. The minimum absolute atomic E-state index is 0.523. The third-order valence-electron chi connectivity index (χ3n) is 2.26. The van der Waals surface area contributed by atoms with Gasteiger partial charge in [-0.3, -0.25) is 4.68 Å². The summed E-state index contributed by atoms with van der Waals surface area (Å²) in [4.78, 5) is 0. The van der Waals surface area contributed by atoms with Crippen molar-refractivity contribution in [1.29, 1.82) is 0 Å². The highest BCUT2D eigenvalue weighted by atomic mass is 79.9. The van der Waals surface area contributed by atoms with E-state index in [1.165, 1.54) is 0 Å². The second kappa shape index (κ2) is 5.67. The maximum atomic E-state index is 10.2. The molecule has 0 aliphatic carbocycles. The van der Waals surface area contributed by atoms with Crippen LogP contribution in [0.4, 0.5) is 0 Å². The molecule has 8 heteroatoms. The summed E-state index contributed by atoms with van der Waals surface area (Å²) in [5.41, 5.74) is 1.18. The van der Waals surface area contributed by atoms with E-state index in [9.17, 15) is 5.11 Å². The lowest BCUT2D eigenvalue weighted by molar-refractivity contribution is 0.170. The molecule has 0 saturated carbocycles. The lowest BCUT2D eigenvalue weighted by Crippen LogP contribution is -2.13. The van der Waals surface area contributed by atoms with Crippen LogP contribution in [0, 0.1) is 0 Å². The molecule has 1 unspecified atom stereocenters. The van der Waals surface area contributed by atoms with Gasteiger partial charge in [-0.05, 0) is 15.9 Å². The van der Waals surface area contributed by atoms with Gasteiger partial charge in [-0.25, -0.2) is 0 Å². The van der Waals surface area contributed by atoms with Crippen LogP contribution in [0.25, 0.3) is 0 Å². The molecule has 2 aromatic heterocycles. The van der Waals surface area contributed by atoms with E-state index in [0.29, 0.717) is 24.5 Å². The Hall–Kier alpha value is -0.830. The number of aliphatic hydroxyl groups excluding tert-OH is 1. The predicted molar refractivity (Wildman–Crippen MR) is 65.8 cm³/mol. The molecule has 1 atom stereocenters. The van der Waals surface area contributed by atoms with Crippen molar-refractivity contribution in [3.8, 4) is 0 Å². The Morgan fingerprint density at radius 2 is 2.41 bits per heavy atom. The molecule has 0 amide bonds. The van der Waals surface area contributed by atoms with Gasteiger partial charge in [0, 0.05) is 7.11 Å². The topological polar surface area (TPSA) is 73.1 Å². The van der Waals surface area contributed by atoms with Gasteiger partial charge in [0.15, 0.2) is 0 Å². The van der Waals surface area contributed by atoms with Crippen molar-refractivity contribution >= 4 is 27.7 Å². The largest absolute Gasteiger partial charge is 0.383 e. The fourth-order valence-electron chi connectivity index (χ4n) is 1.43. The molecule has 1 N–H and O–H groups in total. The Kier molecular flexibility index (Phi) is 4.21. The van der Waals surface area contributed by atoms with E-state index in [2.05, 4.69) is 29.8 Å². The number of hydrogen-bond donors (Lipinski definition) is 1. The Morgan fingerprint density at radius 1 is 1.59 bits per heavy atom. The lowest BCUT2D eigenvalue weighted by atomic mass is 10.2. The van der Waals surface area contributed by atoms with Gasteiger partial charge in [-0.15, -0.1) is 0 Å². The van der Waals surface area contributed by atoms with Gasteiger partial charge in [0.25, 0.3) is 0 Å². The minimum atomic E-state index is -0.831. The number of aromatic nitrogens is 4. The Morgan fingerprint density at radius 3 is 3.06 bits per heavy atom. The standard InChI is InChI=1S/C9H11BrN4O2S/c1-16-3-2-14-8(6(10)4-11-14)9(15)7-5-12-17-13-7/h4-5,9,15H,2-3H2,1H3. The zero-order chi connectivity index (χ0) is 12.3. The van der Waals surface area contributed by atoms with Crippen molar-refractivity contribution in [2.45, 2.75) is 12.6 Å². The number of rotatable bonds is 5. The van der Waals surface area contributed by atoms with Crippen LogP contribution in [0.3, 0.4) is 0 Å². The Balaban J connectivity index is 2.27. The average Bonchev–Trinajstić information content (AvgIpc) is 2.95. The summed E-state index contributed by atoms with van der Waals surface area (Å²) < 4.78 is 15.3. The van der Waals surface area contributed by atoms with Crippen molar-refractivity contribution < 1.29 is 9.84 Å². The first kappa shape index (κ1) is 12.6. The molecule has 2 aromatic rings. The molecule has 0 radical (unpaired) electrons. The van der Waals surface area contributed by atoms with Crippen LogP contribution in [-0.2, 0) is 11.3 Å². The molecule has 2 rings (SSSR count). The lowest BCUT2D eigenvalue weighted by Gasteiger charge is -2.11. The van der Waals surface area contributed by atoms with Crippen LogP contribution >= 0.6 is 27.7 Å². The van der Waals surface area contributed by atoms with Crippen LogP contribution in [0.1, 0.15) is 17.5 Å². The van der Waals surface area contributed by atoms with E-state index in [1.54, 1.807) is 24.2 Å². The first-order chi connectivity index (χ1) is 8.24. The van der Waals surface area contributed by atoms with E-state index in [-0.39, 0.29) is 0 Å². The zero-order valence-electron chi connectivity index (χ0n) is 9.08. The molecule has 0 spiro atoms. The number of halogens is 1. The molecule has 92 valence electrons. The fourth-order valence-corrected chi connectivity index (χ4v) is 2.39. The Labute approximate surface area is 111 Å². The van der Waals surface area contributed by atoms with Crippen molar-refractivity contribution in [3.05, 3.63) is 28.3 Å². The predicted octanol–water partition coefficient (Wildman–Crippen LogP) is 1.23. The van der Waals surface area contributed by atoms with Crippen LogP contribution in [0.2, 0.25) is 0 Å². The number of nitrogens with zero attached hydrogens (tertiary/aromatic N) is 4. The van der Waals surface area contributed by atoms with Gasteiger partial charge in [-0.1, -0.05) is 0 Å². The molecule has 0 saturated heterocycles. The first-order valence-electron chi connectivity index (χ1n) is 4.89. The summed E-state index contributed by atoms with van der Waals surface area (Å²) in [5, 5.41) is 14.4. The molecule has 0 aliphatic rings. The molecular formula is C9H11BrN4O2S. The summed E-state index contributed by atoms with van der Waals surface area (Å²) in [6, 6.07) is 0. The third-order valence-corrected chi connectivity index (χ3v) is 3.36. The average molecular weight is 319 g/mol. The maximum absolute atomic E-state index is 10.2. The maximum Gasteiger partial charge on any atom is 0.141 e. The molecular weight excluding hydrogens is 308 g/mol. The summed E-state index contributed by atoms with van der Waals surface area (Å²) in [6.45, 7) is 1.11. The van der Waals surface area contributed by atoms with Crippen molar-refractivity contribution in [2.75, 3.05) is 13.7 Å². The van der Waals surface area contributed by atoms with Crippen molar-refractivity contribution in [2.24, 2.45) is 0 Å². The molecule has 0 aromatic carbocycles.